The molecule has 0 radical (unpaired) electrons. The number of halogens is 1. The average molecular weight is 455 g/mol. The lowest BCUT2D eigenvalue weighted by molar-refractivity contribution is -0.142. The Kier molecular flexibility index (Phi) is 9.73. The number of hydrogen-bond donors (Lipinski definition) is 2. The first-order chi connectivity index (χ1) is 15.0. The Bertz CT molecular complexity index is 1010. The Morgan fingerprint density at radius 1 is 0.906 bits per heavy atom. The summed E-state index contributed by atoms with van der Waals surface area (Å²) < 4.78 is 10.8. The number of rotatable bonds is 9. The molecule has 3 rings (SSSR count). The summed E-state index contributed by atoms with van der Waals surface area (Å²) in [4.78, 5) is 24.0. The molecule has 0 saturated carbocycles. The third kappa shape index (κ3) is 7.72. The fourth-order valence-corrected chi connectivity index (χ4v) is 3.03. The molecule has 0 spiro atoms. The second-order valence-corrected chi connectivity index (χ2v) is 7.04. The number of benzene rings is 3. The molecule has 6 nitrogen and oxygen atoms in total. The van der Waals surface area contributed by atoms with E-state index >= 15 is 0 Å². The Morgan fingerprint density at radius 2 is 1.59 bits per heavy atom. The van der Waals surface area contributed by atoms with Gasteiger partial charge in [0.1, 0.15) is 11.5 Å². The quantitative estimate of drug-likeness (QED) is 0.464. The van der Waals surface area contributed by atoms with Crippen molar-refractivity contribution in [1.29, 1.82) is 0 Å². The second-order valence-electron chi connectivity index (χ2n) is 7.04. The summed E-state index contributed by atoms with van der Waals surface area (Å²) in [6.45, 7) is 2.12. The van der Waals surface area contributed by atoms with Gasteiger partial charge in [-0.1, -0.05) is 42.5 Å². The zero-order chi connectivity index (χ0) is 22.1. The van der Waals surface area contributed by atoms with Gasteiger partial charge in [0.2, 0.25) is 5.91 Å². The van der Waals surface area contributed by atoms with Gasteiger partial charge in [-0.3, -0.25) is 9.59 Å². The maximum absolute atomic E-state index is 12.5. The Morgan fingerprint density at radius 3 is 2.28 bits per heavy atom. The molecule has 0 saturated heterocycles. The third-order valence-corrected chi connectivity index (χ3v) is 4.55. The zero-order valence-electron chi connectivity index (χ0n) is 17.8. The van der Waals surface area contributed by atoms with Gasteiger partial charge in [-0.25, -0.2) is 0 Å². The Labute approximate surface area is 194 Å². The summed E-state index contributed by atoms with van der Waals surface area (Å²) in [6.07, 6.45) is 0.571. The molecule has 0 aromatic heterocycles. The van der Waals surface area contributed by atoms with E-state index in [9.17, 15) is 9.59 Å². The lowest BCUT2D eigenvalue weighted by atomic mass is 10.1. The number of ether oxygens (including phenoxy) is 2. The van der Waals surface area contributed by atoms with E-state index in [1.807, 2.05) is 54.6 Å². The molecule has 0 heterocycles. The largest absolute Gasteiger partial charge is 0.466 e. The van der Waals surface area contributed by atoms with Crippen molar-refractivity contribution in [2.24, 2.45) is 5.73 Å². The highest BCUT2D eigenvalue weighted by Gasteiger charge is 2.15. The van der Waals surface area contributed by atoms with Crippen molar-refractivity contribution in [2.75, 3.05) is 11.9 Å². The van der Waals surface area contributed by atoms with Crippen LogP contribution in [-0.4, -0.2) is 24.5 Å². The lowest BCUT2D eigenvalue weighted by Crippen LogP contribution is -2.37. The fourth-order valence-electron chi connectivity index (χ4n) is 3.03. The minimum atomic E-state index is -0.716. The average Bonchev–Trinajstić information content (AvgIpc) is 2.76. The Balaban J connectivity index is 0.00000363. The number of nitrogens with one attached hydrogen (secondary N) is 1. The summed E-state index contributed by atoms with van der Waals surface area (Å²) in [5.74, 6) is 0.869. The van der Waals surface area contributed by atoms with Gasteiger partial charge in [-0.2, -0.15) is 0 Å². The first-order valence-corrected chi connectivity index (χ1v) is 10.2. The molecule has 168 valence electrons. The van der Waals surface area contributed by atoms with Crippen molar-refractivity contribution in [3.05, 3.63) is 90.0 Å². The second kappa shape index (κ2) is 12.5. The van der Waals surface area contributed by atoms with E-state index in [1.165, 1.54) is 0 Å². The van der Waals surface area contributed by atoms with Crippen LogP contribution in [-0.2, 0) is 27.2 Å². The highest BCUT2D eigenvalue weighted by Crippen LogP contribution is 2.22. The van der Waals surface area contributed by atoms with Crippen LogP contribution in [0.1, 0.15) is 18.1 Å². The molecule has 1 amide bonds. The monoisotopic (exact) mass is 454 g/mol. The third-order valence-electron chi connectivity index (χ3n) is 4.55. The van der Waals surface area contributed by atoms with E-state index in [2.05, 4.69) is 5.32 Å². The molecule has 3 aromatic carbocycles. The molecular formula is C25H27ClN2O4. The van der Waals surface area contributed by atoms with Crippen molar-refractivity contribution < 1.29 is 19.1 Å². The summed E-state index contributed by atoms with van der Waals surface area (Å²) >= 11 is 0. The minimum absolute atomic E-state index is 0. The van der Waals surface area contributed by atoms with Crippen LogP contribution >= 0.6 is 12.4 Å². The van der Waals surface area contributed by atoms with Crippen LogP contribution in [0.5, 0.6) is 11.5 Å². The molecule has 0 aliphatic heterocycles. The molecule has 0 aliphatic carbocycles. The molecule has 0 aliphatic rings. The standard InChI is InChI=1S/C25H26N2O4.ClH/c1-2-30-24(28)17-18-11-13-20(14-12-18)27-25(29)23(26)16-19-7-6-10-22(15-19)31-21-8-4-3-5-9-21;/h3-15,23H,2,16-17,26H2,1H3,(H,27,29);1H. The SMILES string of the molecule is CCOC(=O)Cc1ccc(NC(=O)C(N)Cc2cccc(Oc3ccccc3)c2)cc1.Cl. The summed E-state index contributed by atoms with van der Waals surface area (Å²) in [5, 5.41) is 2.81. The number of hydrogen-bond acceptors (Lipinski definition) is 5. The number of amides is 1. The number of para-hydroxylation sites is 1. The maximum atomic E-state index is 12.5. The van der Waals surface area contributed by atoms with Gasteiger partial charge in [0.25, 0.3) is 0 Å². The summed E-state index contributed by atoms with van der Waals surface area (Å²) in [7, 11) is 0. The van der Waals surface area contributed by atoms with Gasteiger partial charge < -0.3 is 20.5 Å². The smallest absolute Gasteiger partial charge is 0.310 e. The molecule has 1 unspecified atom stereocenters. The molecule has 0 bridgehead atoms. The van der Waals surface area contributed by atoms with Crippen molar-refractivity contribution in [2.45, 2.75) is 25.8 Å². The van der Waals surface area contributed by atoms with Crippen molar-refractivity contribution in [3.8, 4) is 11.5 Å². The first kappa shape index (κ1) is 24.9. The predicted octanol–water partition coefficient (Wildman–Crippen LogP) is 4.51. The van der Waals surface area contributed by atoms with E-state index in [0.717, 1.165) is 16.9 Å². The summed E-state index contributed by atoms with van der Waals surface area (Å²) in [6, 6.07) is 23.4. The van der Waals surface area contributed by atoms with Gasteiger partial charge in [-0.15, -0.1) is 12.4 Å². The molecule has 3 aromatic rings. The van der Waals surface area contributed by atoms with Crippen molar-refractivity contribution in [1.82, 2.24) is 0 Å². The number of carbonyl (C=O) groups is 2. The molecule has 0 fully saturated rings. The highest BCUT2D eigenvalue weighted by atomic mass is 35.5. The van der Waals surface area contributed by atoms with Gasteiger partial charge in [0.05, 0.1) is 19.1 Å². The topological polar surface area (TPSA) is 90.7 Å². The van der Waals surface area contributed by atoms with Crippen molar-refractivity contribution >= 4 is 30.0 Å². The highest BCUT2D eigenvalue weighted by molar-refractivity contribution is 5.94. The minimum Gasteiger partial charge on any atom is -0.466 e. The molecule has 7 heteroatoms. The van der Waals surface area contributed by atoms with Crippen LogP contribution in [0.15, 0.2) is 78.9 Å². The number of anilines is 1. The normalized spacial score (nSPS) is 11.1. The van der Waals surface area contributed by atoms with Gasteiger partial charge >= 0.3 is 5.97 Å². The van der Waals surface area contributed by atoms with Crippen LogP contribution < -0.4 is 15.8 Å². The van der Waals surface area contributed by atoms with Crippen LogP contribution in [0.25, 0.3) is 0 Å². The van der Waals surface area contributed by atoms with Gasteiger partial charge in [0.15, 0.2) is 0 Å². The summed E-state index contributed by atoms with van der Waals surface area (Å²) in [5.41, 5.74) is 8.45. The zero-order valence-corrected chi connectivity index (χ0v) is 18.6. The molecule has 1 atom stereocenters. The van der Waals surface area contributed by atoms with Gasteiger partial charge in [0, 0.05) is 5.69 Å². The van der Waals surface area contributed by atoms with Crippen LogP contribution in [0, 0.1) is 0 Å². The van der Waals surface area contributed by atoms with E-state index in [1.54, 1.807) is 31.2 Å². The van der Waals surface area contributed by atoms with E-state index in [0.29, 0.717) is 24.5 Å². The van der Waals surface area contributed by atoms with E-state index < -0.39 is 6.04 Å². The van der Waals surface area contributed by atoms with Crippen LogP contribution in [0.2, 0.25) is 0 Å². The number of nitrogens with two attached hydrogens (primary N) is 1. The molecule has 32 heavy (non-hydrogen) atoms. The molecule has 3 N–H and O–H groups in total. The number of carbonyl (C=O) groups excluding carboxylic acids is 2. The Hall–Kier alpha value is -3.35. The van der Waals surface area contributed by atoms with Crippen molar-refractivity contribution in [3.63, 3.8) is 0 Å². The van der Waals surface area contributed by atoms with E-state index in [4.69, 9.17) is 15.2 Å². The fraction of sp³-hybridized carbons (Fsp3) is 0.200. The molecular weight excluding hydrogens is 428 g/mol. The van der Waals surface area contributed by atoms with E-state index in [-0.39, 0.29) is 30.7 Å². The van der Waals surface area contributed by atoms with Crippen LogP contribution in [0.4, 0.5) is 5.69 Å². The lowest BCUT2D eigenvalue weighted by Gasteiger charge is -2.14. The van der Waals surface area contributed by atoms with Gasteiger partial charge in [-0.05, 0) is 60.9 Å². The number of esters is 1. The maximum Gasteiger partial charge on any atom is 0.310 e. The first-order valence-electron chi connectivity index (χ1n) is 10.2. The van der Waals surface area contributed by atoms with Crippen LogP contribution in [0.3, 0.4) is 0 Å². The predicted molar refractivity (Wildman–Crippen MR) is 127 cm³/mol.